The Morgan fingerprint density at radius 3 is 2.61 bits per heavy atom. The Hall–Kier alpha value is -2.62. The zero-order chi connectivity index (χ0) is 16.2. The van der Waals surface area contributed by atoms with Gasteiger partial charge in [-0.15, -0.1) is 0 Å². The molecule has 4 heteroatoms. The number of rotatable bonds is 5. The number of benzene rings is 2. The van der Waals surface area contributed by atoms with Crippen LogP contribution in [-0.2, 0) is 11.2 Å². The van der Waals surface area contributed by atoms with Gasteiger partial charge < -0.3 is 5.32 Å². The van der Waals surface area contributed by atoms with Crippen molar-refractivity contribution in [2.24, 2.45) is 0 Å². The molecule has 0 fully saturated rings. The molecule has 0 aliphatic heterocycles. The second-order valence-corrected chi connectivity index (χ2v) is 5.75. The molecule has 3 rings (SSSR count). The number of amides is 1. The van der Waals surface area contributed by atoms with Crippen LogP contribution in [0, 0.1) is 6.92 Å². The quantitative estimate of drug-likeness (QED) is 0.786. The number of nitrogens with zero attached hydrogens (tertiary/aromatic N) is 2. The molecular weight excluding hydrogens is 286 g/mol. The Kier molecular flexibility index (Phi) is 4.42. The molecule has 3 aromatic rings. The predicted octanol–water partition coefficient (Wildman–Crippen LogP) is 3.26. The summed E-state index contributed by atoms with van der Waals surface area (Å²) in [5.41, 5.74) is 3.17. The summed E-state index contributed by atoms with van der Waals surface area (Å²) in [6.45, 7) is 4.49. The first kappa shape index (κ1) is 15.3. The molecule has 0 saturated carbocycles. The summed E-state index contributed by atoms with van der Waals surface area (Å²) in [4.78, 5) is 12.4. The van der Waals surface area contributed by atoms with E-state index in [9.17, 15) is 4.79 Å². The molecule has 0 aliphatic rings. The topological polar surface area (TPSA) is 46.9 Å². The number of aryl methyl sites for hydroxylation is 1. The van der Waals surface area contributed by atoms with E-state index in [0.29, 0.717) is 6.54 Å². The van der Waals surface area contributed by atoms with Gasteiger partial charge in [-0.25, -0.2) is 0 Å². The molecule has 0 radical (unpaired) electrons. The Bertz CT molecular complexity index is 808. The van der Waals surface area contributed by atoms with Crippen LogP contribution in [0.5, 0.6) is 0 Å². The number of nitrogens with one attached hydrogen (secondary N) is 1. The highest BCUT2D eigenvalue weighted by Crippen LogP contribution is 2.21. The van der Waals surface area contributed by atoms with Gasteiger partial charge in [-0.3, -0.25) is 9.48 Å². The summed E-state index contributed by atoms with van der Waals surface area (Å²) < 4.78 is 1.81. The van der Waals surface area contributed by atoms with Gasteiger partial charge in [0.15, 0.2) is 0 Å². The summed E-state index contributed by atoms with van der Waals surface area (Å²) >= 11 is 0. The average molecular weight is 307 g/mol. The van der Waals surface area contributed by atoms with Crippen molar-refractivity contribution in [1.29, 1.82) is 0 Å². The van der Waals surface area contributed by atoms with Crippen molar-refractivity contribution < 1.29 is 4.79 Å². The van der Waals surface area contributed by atoms with Crippen molar-refractivity contribution in [3.8, 4) is 0 Å². The van der Waals surface area contributed by atoms with Gasteiger partial charge >= 0.3 is 0 Å². The number of aromatic nitrogens is 2. The van der Waals surface area contributed by atoms with Gasteiger partial charge in [0.1, 0.15) is 6.04 Å². The summed E-state index contributed by atoms with van der Waals surface area (Å²) in [6.07, 6.45) is 0.832. The number of fused-ring (bicyclic) bond motifs is 1. The Labute approximate surface area is 136 Å². The Morgan fingerprint density at radius 2 is 1.83 bits per heavy atom. The molecule has 1 heterocycles. The van der Waals surface area contributed by atoms with Gasteiger partial charge in [0.25, 0.3) is 0 Å². The normalized spacial score (nSPS) is 12.3. The number of carbonyl (C=O) groups is 1. The maximum atomic E-state index is 12.4. The lowest BCUT2D eigenvalue weighted by Crippen LogP contribution is -2.32. The monoisotopic (exact) mass is 307 g/mol. The third-order valence-electron chi connectivity index (χ3n) is 4.10. The maximum Gasteiger partial charge on any atom is 0.244 e. The van der Waals surface area contributed by atoms with Crippen LogP contribution in [0.2, 0.25) is 0 Å². The molecular formula is C19H21N3O. The molecule has 1 atom stereocenters. The summed E-state index contributed by atoms with van der Waals surface area (Å²) in [7, 11) is 0. The Balaban J connectivity index is 1.67. The third-order valence-corrected chi connectivity index (χ3v) is 4.10. The highest BCUT2D eigenvalue weighted by atomic mass is 16.2. The number of hydrogen-bond acceptors (Lipinski definition) is 2. The van der Waals surface area contributed by atoms with E-state index in [1.54, 1.807) is 0 Å². The van der Waals surface area contributed by atoms with Crippen LogP contribution in [0.15, 0.2) is 54.6 Å². The molecule has 1 aromatic heterocycles. The molecule has 4 nitrogen and oxygen atoms in total. The lowest BCUT2D eigenvalue weighted by Gasteiger charge is -2.14. The highest BCUT2D eigenvalue weighted by molar-refractivity contribution is 5.86. The van der Waals surface area contributed by atoms with Crippen molar-refractivity contribution in [2.75, 3.05) is 6.54 Å². The van der Waals surface area contributed by atoms with Crippen LogP contribution in [0.1, 0.15) is 24.2 Å². The summed E-state index contributed by atoms with van der Waals surface area (Å²) in [5.74, 6) is -0.00539. The smallest absolute Gasteiger partial charge is 0.244 e. The van der Waals surface area contributed by atoms with Gasteiger partial charge in [-0.1, -0.05) is 48.5 Å². The molecule has 0 bridgehead atoms. The highest BCUT2D eigenvalue weighted by Gasteiger charge is 2.18. The lowest BCUT2D eigenvalue weighted by molar-refractivity contribution is -0.124. The third kappa shape index (κ3) is 3.26. The first-order chi connectivity index (χ1) is 11.2. The van der Waals surface area contributed by atoms with Gasteiger partial charge in [-0.2, -0.15) is 5.10 Å². The van der Waals surface area contributed by atoms with E-state index in [1.165, 1.54) is 5.56 Å². The van der Waals surface area contributed by atoms with Crippen LogP contribution >= 0.6 is 0 Å². The van der Waals surface area contributed by atoms with Crippen molar-refractivity contribution in [2.45, 2.75) is 26.3 Å². The second-order valence-electron chi connectivity index (χ2n) is 5.75. The lowest BCUT2D eigenvalue weighted by atomic mass is 10.1. The van der Waals surface area contributed by atoms with Crippen LogP contribution in [0.4, 0.5) is 0 Å². The molecule has 0 saturated heterocycles. The molecule has 1 unspecified atom stereocenters. The molecule has 118 valence electrons. The maximum absolute atomic E-state index is 12.4. The fourth-order valence-corrected chi connectivity index (χ4v) is 2.78. The van der Waals surface area contributed by atoms with E-state index in [4.69, 9.17) is 0 Å². The van der Waals surface area contributed by atoms with Crippen molar-refractivity contribution in [1.82, 2.24) is 15.1 Å². The van der Waals surface area contributed by atoms with Crippen LogP contribution in [0.3, 0.4) is 0 Å². The summed E-state index contributed by atoms with van der Waals surface area (Å²) in [6, 6.07) is 17.8. The van der Waals surface area contributed by atoms with Crippen LogP contribution in [0.25, 0.3) is 10.9 Å². The molecule has 0 aliphatic carbocycles. The average Bonchev–Trinajstić information content (AvgIpc) is 2.92. The van der Waals surface area contributed by atoms with E-state index in [2.05, 4.69) is 22.5 Å². The summed E-state index contributed by atoms with van der Waals surface area (Å²) in [5, 5.41) is 8.63. The fraction of sp³-hybridized carbons (Fsp3) is 0.263. The molecule has 1 amide bonds. The van der Waals surface area contributed by atoms with Gasteiger partial charge in [0, 0.05) is 11.9 Å². The predicted molar refractivity (Wildman–Crippen MR) is 92.3 cm³/mol. The Morgan fingerprint density at radius 1 is 1.13 bits per heavy atom. The standard InChI is InChI=1S/C19H21N3O/c1-14-17-10-6-7-11-18(17)22(21-14)15(2)19(23)20-13-12-16-8-4-3-5-9-16/h3-11,15H,12-13H2,1-2H3,(H,20,23). The van der Waals surface area contributed by atoms with Crippen molar-refractivity contribution in [3.05, 3.63) is 65.9 Å². The number of para-hydroxylation sites is 1. The minimum atomic E-state index is -0.329. The fourth-order valence-electron chi connectivity index (χ4n) is 2.78. The van der Waals surface area contributed by atoms with Gasteiger partial charge in [0.2, 0.25) is 5.91 Å². The van der Waals surface area contributed by atoms with E-state index < -0.39 is 0 Å². The van der Waals surface area contributed by atoms with E-state index >= 15 is 0 Å². The van der Waals surface area contributed by atoms with Crippen molar-refractivity contribution in [3.63, 3.8) is 0 Å². The first-order valence-electron chi connectivity index (χ1n) is 7.92. The van der Waals surface area contributed by atoms with E-state index in [-0.39, 0.29) is 11.9 Å². The zero-order valence-corrected chi connectivity index (χ0v) is 13.5. The van der Waals surface area contributed by atoms with Gasteiger partial charge in [-0.05, 0) is 31.9 Å². The van der Waals surface area contributed by atoms with E-state index in [1.807, 2.05) is 61.0 Å². The second kappa shape index (κ2) is 6.65. The first-order valence-corrected chi connectivity index (χ1v) is 7.92. The zero-order valence-electron chi connectivity index (χ0n) is 13.5. The largest absolute Gasteiger partial charge is 0.354 e. The van der Waals surface area contributed by atoms with Gasteiger partial charge in [0.05, 0.1) is 11.2 Å². The minimum Gasteiger partial charge on any atom is -0.354 e. The number of carbonyl (C=O) groups excluding carboxylic acids is 1. The molecule has 1 N–H and O–H groups in total. The molecule has 2 aromatic carbocycles. The van der Waals surface area contributed by atoms with Crippen molar-refractivity contribution >= 4 is 16.8 Å². The minimum absolute atomic E-state index is 0.00539. The number of hydrogen-bond donors (Lipinski definition) is 1. The SMILES string of the molecule is Cc1nn(C(C)C(=O)NCCc2ccccc2)c2ccccc12. The van der Waals surface area contributed by atoms with Crippen LogP contribution < -0.4 is 5.32 Å². The molecule has 0 spiro atoms. The van der Waals surface area contributed by atoms with E-state index in [0.717, 1.165) is 23.0 Å². The molecule has 23 heavy (non-hydrogen) atoms. The van der Waals surface area contributed by atoms with Crippen LogP contribution in [-0.4, -0.2) is 22.2 Å².